The minimum Gasteiger partial charge on any atom is -0.469 e. The highest BCUT2D eigenvalue weighted by Crippen LogP contribution is 2.29. The summed E-state index contributed by atoms with van der Waals surface area (Å²) in [6, 6.07) is 7.42. The van der Waals surface area contributed by atoms with Crippen LogP contribution in [-0.2, 0) is 9.53 Å². The van der Waals surface area contributed by atoms with Crippen molar-refractivity contribution in [1.82, 2.24) is 0 Å². The minimum absolute atomic E-state index is 0.0361. The quantitative estimate of drug-likeness (QED) is 0.780. The van der Waals surface area contributed by atoms with Crippen LogP contribution in [0.25, 0.3) is 0 Å². The molecule has 0 saturated carbocycles. The lowest BCUT2D eigenvalue weighted by Gasteiger charge is -2.33. The summed E-state index contributed by atoms with van der Waals surface area (Å²) in [6.07, 6.45) is 1.48. The average molecular weight is 279 g/mol. The van der Waals surface area contributed by atoms with Crippen molar-refractivity contribution < 1.29 is 9.53 Å². The maximum atomic E-state index is 11.5. The Bertz CT molecular complexity index is 517. The van der Waals surface area contributed by atoms with Crippen molar-refractivity contribution >= 4 is 23.3 Å². The Morgan fingerprint density at radius 1 is 1.47 bits per heavy atom. The van der Waals surface area contributed by atoms with Crippen molar-refractivity contribution in [3.05, 3.63) is 28.8 Å². The van der Waals surface area contributed by atoms with Crippen molar-refractivity contribution in [2.45, 2.75) is 12.8 Å². The van der Waals surface area contributed by atoms with Crippen LogP contribution in [-0.4, -0.2) is 26.2 Å². The summed E-state index contributed by atoms with van der Waals surface area (Å²) in [5.74, 6) is -0.183. The third kappa shape index (κ3) is 2.99. The van der Waals surface area contributed by atoms with E-state index in [9.17, 15) is 4.79 Å². The van der Waals surface area contributed by atoms with Gasteiger partial charge in [-0.3, -0.25) is 4.79 Å². The van der Waals surface area contributed by atoms with E-state index < -0.39 is 0 Å². The van der Waals surface area contributed by atoms with Gasteiger partial charge in [0.25, 0.3) is 0 Å². The van der Waals surface area contributed by atoms with E-state index in [0.717, 1.165) is 31.6 Å². The molecule has 0 aromatic heterocycles. The van der Waals surface area contributed by atoms with Crippen LogP contribution in [0, 0.1) is 17.2 Å². The Morgan fingerprint density at radius 2 is 2.16 bits per heavy atom. The van der Waals surface area contributed by atoms with Gasteiger partial charge in [-0.2, -0.15) is 5.26 Å². The van der Waals surface area contributed by atoms with Gasteiger partial charge in [0.05, 0.1) is 24.3 Å². The molecule has 5 heteroatoms. The number of benzene rings is 1. The molecule has 1 aromatic carbocycles. The van der Waals surface area contributed by atoms with Gasteiger partial charge in [-0.25, -0.2) is 0 Å². The molecular formula is C14H15ClN2O2. The zero-order chi connectivity index (χ0) is 13.8. The van der Waals surface area contributed by atoms with Crippen molar-refractivity contribution in [2.75, 3.05) is 25.1 Å². The zero-order valence-corrected chi connectivity index (χ0v) is 11.5. The number of halogens is 1. The van der Waals surface area contributed by atoms with Crippen LogP contribution in [0.3, 0.4) is 0 Å². The molecule has 0 bridgehead atoms. The first-order valence-electron chi connectivity index (χ1n) is 6.18. The lowest BCUT2D eigenvalue weighted by Crippen LogP contribution is -2.37. The normalized spacial score (nSPS) is 15.9. The standard InChI is InChI=1S/C14H15ClN2O2/c1-19-14(18)10-4-6-17(7-5-10)13-8-12(15)3-2-11(13)9-16/h2-3,8,10H,4-7H2,1H3. The second-order valence-corrected chi connectivity index (χ2v) is 4.99. The molecule has 4 nitrogen and oxygen atoms in total. The number of rotatable bonds is 2. The van der Waals surface area contributed by atoms with E-state index in [4.69, 9.17) is 21.6 Å². The Kier molecular flexibility index (Phi) is 4.28. The number of esters is 1. The van der Waals surface area contributed by atoms with Crippen molar-refractivity contribution in [3.8, 4) is 6.07 Å². The number of anilines is 1. The van der Waals surface area contributed by atoms with Crippen LogP contribution in [0.1, 0.15) is 18.4 Å². The Labute approximate surface area is 117 Å². The highest BCUT2D eigenvalue weighted by molar-refractivity contribution is 6.30. The lowest BCUT2D eigenvalue weighted by molar-refractivity contribution is -0.146. The average Bonchev–Trinajstić information content (AvgIpc) is 2.46. The topological polar surface area (TPSA) is 53.3 Å². The molecule has 1 heterocycles. The number of hydrogen-bond acceptors (Lipinski definition) is 4. The number of carbonyl (C=O) groups excluding carboxylic acids is 1. The van der Waals surface area contributed by atoms with E-state index in [2.05, 4.69) is 11.0 Å². The van der Waals surface area contributed by atoms with E-state index in [1.54, 1.807) is 18.2 Å². The molecule has 0 radical (unpaired) electrons. The van der Waals surface area contributed by atoms with Gasteiger partial charge in [0.15, 0.2) is 0 Å². The first kappa shape index (κ1) is 13.7. The maximum absolute atomic E-state index is 11.5. The van der Waals surface area contributed by atoms with E-state index in [1.165, 1.54) is 7.11 Å². The minimum atomic E-state index is -0.147. The van der Waals surface area contributed by atoms with Gasteiger partial charge in [-0.15, -0.1) is 0 Å². The summed E-state index contributed by atoms with van der Waals surface area (Å²) >= 11 is 5.98. The number of nitrogens with zero attached hydrogens (tertiary/aromatic N) is 2. The molecule has 1 aliphatic rings. The number of ether oxygens (including phenoxy) is 1. The predicted octanol–water partition coefficient (Wildman–Crippen LogP) is 2.60. The molecule has 2 rings (SSSR count). The summed E-state index contributed by atoms with van der Waals surface area (Å²) in [4.78, 5) is 13.6. The van der Waals surface area contributed by atoms with Crippen LogP contribution < -0.4 is 4.90 Å². The molecule has 0 atom stereocenters. The molecule has 1 aliphatic heterocycles. The Hall–Kier alpha value is -1.73. The summed E-state index contributed by atoms with van der Waals surface area (Å²) in [6.45, 7) is 1.46. The first-order valence-corrected chi connectivity index (χ1v) is 6.56. The lowest BCUT2D eigenvalue weighted by atomic mass is 9.96. The van der Waals surface area contributed by atoms with Gasteiger partial charge in [-0.1, -0.05) is 11.6 Å². The third-order valence-electron chi connectivity index (χ3n) is 3.45. The molecule has 0 amide bonds. The van der Waals surface area contributed by atoms with Crippen molar-refractivity contribution in [1.29, 1.82) is 5.26 Å². The number of carbonyl (C=O) groups is 1. The SMILES string of the molecule is COC(=O)C1CCN(c2cc(Cl)ccc2C#N)CC1. The molecule has 0 aliphatic carbocycles. The predicted molar refractivity (Wildman–Crippen MR) is 73.1 cm³/mol. The van der Waals surface area contributed by atoms with Crippen molar-refractivity contribution in [3.63, 3.8) is 0 Å². The Morgan fingerprint density at radius 3 is 2.74 bits per heavy atom. The van der Waals surface area contributed by atoms with Crippen LogP contribution in [0.2, 0.25) is 5.02 Å². The van der Waals surface area contributed by atoms with Crippen LogP contribution in [0.15, 0.2) is 18.2 Å². The van der Waals surface area contributed by atoms with Gasteiger partial charge >= 0.3 is 5.97 Å². The van der Waals surface area contributed by atoms with E-state index in [1.807, 2.05) is 0 Å². The molecule has 0 N–H and O–H groups in total. The smallest absolute Gasteiger partial charge is 0.308 e. The third-order valence-corrected chi connectivity index (χ3v) is 3.69. The molecule has 0 spiro atoms. The Balaban J connectivity index is 2.12. The molecule has 100 valence electrons. The highest BCUT2D eigenvalue weighted by Gasteiger charge is 2.26. The summed E-state index contributed by atoms with van der Waals surface area (Å²) in [5, 5.41) is 9.74. The maximum Gasteiger partial charge on any atom is 0.308 e. The molecular weight excluding hydrogens is 264 g/mol. The van der Waals surface area contributed by atoms with Crippen molar-refractivity contribution in [2.24, 2.45) is 5.92 Å². The summed E-state index contributed by atoms with van der Waals surface area (Å²) < 4.78 is 4.76. The fraction of sp³-hybridized carbons (Fsp3) is 0.429. The number of hydrogen-bond donors (Lipinski definition) is 0. The first-order chi connectivity index (χ1) is 9.15. The number of nitriles is 1. The van der Waals surface area contributed by atoms with Gasteiger partial charge in [0, 0.05) is 18.1 Å². The molecule has 0 unspecified atom stereocenters. The molecule has 1 aromatic rings. The second kappa shape index (κ2) is 5.94. The second-order valence-electron chi connectivity index (χ2n) is 4.56. The molecule has 19 heavy (non-hydrogen) atoms. The van der Waals surface area contributed by atoms with Crippen LogP contribution >= 0.6 is 11.6 Å². The van der Waals surface area contributed by atoms with E-state index >= 15 is 0 Å². The van der Waals surface area contributed by atoms with Crippen LogP contribution in [0.5, 0.6) is 0 Å². The van der Waals surface area contributed by atoms with Crippen LogP contribution in [0.4, 0.5) is 5.69 Å². The summed E-state index contributed by atoms with van der Waals surface area (Å²) in [7, 11) is 1.42. The zero-order valence-electron chi connectivity index (χ0n) is 10.7. The van der Waals surface area contributed by atoms with Gasteiger partial charge in [0.1, 0.15) is 6.07 Å². The van der Waals surface area contributed by atoms with Gasteiger partial charge < -0.3 is 9.64 Å². The van der Waals surface area contributed by atoms with E-state index in [-0.39, 0.29) is 11.9 Å². The van der Waals surface area contributed by atoms with E-state index in [0.29, 0.717) is 10.6 Å². The molecule has 1 saturated heterocycles. The highest BCUT2D eigenvalue weighted by atomic mass is 35.5. The van der Waals surface area contributed by atoms with Gasteiger partial charge in [0.2, 0.25) is 0 Å². The number of methoxy groups -OCH3 is 1. The summed E-state index contributed by atoms with van der Waals surface area (Å²) in [5.41, 5.74) is 1.46. The number of piperidine rings is 1. The fourth-order valence-corrected chi connectivity index (χ4v) is 2.55. The monoisotopic (exact) mass is 278 g/mol. The largest absolute Gasteiger partial charge is 0.469 e. The fourth-order valence-electron chi connectivity index (χ4n) is 2.38. The van der Waals surface area contributed by atoms with Gasteiger partial charge in [-0.05, 0) is 31.0 Å². The molecule has 1 fully saturated rings.